The first-order valence-corrected chi connectivity index (χ1v) is 8.03. The van der Waals surface area contributed by atoms with Crippen molar-refractivity contribution in [2.24, 2.45) is 0 Å². The number of benzene rings is 1. The first-order valence-electron chi connectivity index (χ1n) is 5.46. The van der Waals surface area contributed by atoms with Gasteiger partial charge in [0.1, 0.15) is 6.04 Å². The van der Waals surface area contributed by atoms with Gasteiger partial charge in [0.15, 0.2) is 0 Å². The van der Waals surface area contributed by atoms with Gasteiger partial charge in [0.25, 0.3) is 0 Å². The standard InChI is InChI=1S/C11H12INO7S/c1-20-11(17)9(5-14)13-21(18,19)6-2-3-8(12)7(4-6)10(15)16/h2-4,9,13-14H,5H2,1H3,(H,15,16). The summed E-state index contributed by atoms with van der Waals surface area (Å²) in [6, 6.07) is 2.03. The van der Waals surface area contributed by atoms with Crippen LogP contribution in [0.15, 0.2) is 23.1 Å². The molecule has 1 aromatic rings. The summed E-state index contributed by atoms with van der Waals surface area (Å²) in [5.41, 5.74) is -0.183. The number of carboxylic acid groups (broad SMARTS) is 1. The Morgan fingerprint density at radius 2 is 2.05 bits per heavy atom. The second-order valence-corrected chi connectivity index (χ2v) is 6.70. The Kier molecular flexibility index (Phi) is 6.07. The highest BCUT2D eigenvalue weighted by atomic mass is 127. The Morgan fingerprint density at radius 3 is 2.52 bits per heavy atom. The van der Waals surface area contributed by atoms with E-state index in [1.54, 1.807) is 22.6 Å². The molecule has 1 aromatic carbocycles. The number of aliphatic hydroxyl groups is 1. The summed E-state index contributed by atoms with van der Waals surface area (Å²) in [5, 5.41) is 18.0. The lowest BCUT2D eigenvalue weighted by atomic mass is 10.2. The van der Waals surface area contributed by atoms with Crippen molar-refractivity contribution in [3.05, 3.63) is 27.3 Å². The number of esters is 1. The molecule has 0 spiro atoms. The summed E-state index contributed by atoms with van der Waals surface area (Å²) in [4.78, 5) is 21.9. The molecule has 0 aromatic heterocycles. The number of hydrogen-bond donors (Lipinski definition) is 3. The summed E-state index contributed by atoms with van der Waals surface area (Å²) in [5.74, 6) is -2.23. The molecule has 0 aliphatic rings. The second kappa shape index (κ2) is 7.15. The zero-order valence-corrected chi connectivity index (χ0v) is 13.7. The minimum absolute atomic E-state index is 0.183. The van der Waals surface area contributed by atoms with E-state index in [0.29, 0.717) is 3.57 Å². The van der Waals surface area contributed by atoms with Crippen molar-refractivity contribution in [2.45, 2.75) is 10.9 Å². The van der Waals surface area contributed by atoms with Crippen LogP contribution >= 0.6 is 22.6 Å². The van der Waals surface area contributed by atoms with Crippen LogP contribution in [-0.4, -0.2) is 50.3 Å². The molecule has 116 valence electrons. The Balaban J connectivity index is 3.16. The predicted octanol–water partition coefficient (Wildman–Crippen LogP) is -0.198. The quantitative estimate of drug-likeness (QED) is 0.422. The van der Waals surface area contributed by atoms with Gasteiger partial charge in [-0.1, -0.05) is 0 Å². The molecule has 0 amide bonds. The number of methoxy groups -OCH3 is 1. The van der Waals surface area contributed by atoms with Crippen LogP contribution in [0, 0.1) is 3.57 Å². The Labute approximate surface area is 134 Å². The number of sulfonamides is 1. The second-order valence-electron chi connectivity index (χ2n) is 3.83. The molecule has 1 atom stereocenters. The van der Waals surface area contributed by atoms with Gasteiger partial charge in [-0.3, -0.25) is 4.79 Å². The summed E-state index contributed by atoms with van der Waals surface area (Å²) in [7, 11) is -3.13. The van der Waals surface area contributed by atoms with E-state index in [2.05, 4.69) is 4.74 Å². The van der Waals surface area contributed by atoms with E-state index in [0.717, 1.165) is 13.2 Å². The smallest absolute Gasteiger partial charge is 0.336 e. The zero-order valence-electron chi connectivity index (χ0n) is 10.7. The van der Waals surface area contributed by atoms with E-state index in [1.807, 2.05) is 4.72 Å². The largest absolute Gasteiger partial charge is 0.478 e. The van der Waals surface area contributed by atoms with Crippen LogP contribution in [0.2, 0.25) is 0 Å². The molecule has 0 radical (unpaired) electrons. The SMILES string of the molecule is COC(=O)C(CO)NS(=O)(=O)c1ccc(I)c(C(=O)O)c1. The number of aromatic carboxylic acids is 1. The van der Waals surface area contributed by atoms with Gasteiger partial charge >= 0.3 is 11.9 Å². The number of aliphatic hydroxyl groups excluding tert-OH is 1. The number of halogens is 1. The molecule has 0 aliphatic carbocycles. The van der Waals surface area contributed by atoms with Crippen molar-refractivity contribution in [1.29, 1.82) is 0 Å². The summed E-state index contributed by atoms with van der Waals surface area (Å²) in [6.45, 7) is -0.790. The number of carbonyl (C=O) groups excluding carboxylic acids is 1. The fourth-order valence-electron chi connectivity index (χ4n) is 1.39. The maximum absolute atomic E-state index is 12.1. The Morgan fingerprint density at radius 1 is 1.43 bits per heavy atom. The van der Waals surface area contributed by atoms with Crippen LogP contribution in [0.4, 0.5) is 0 Å². The minimum Gasteiger partial charge on any atom is -0.478 e. The van der Waals surface area contributed by atoms with Gasteiger partial charge in [-0.25, -0.2) is 13.2 Å². The van der Waals surface area contributed by atoms with Crippen LogP contribution in [0.1, 0.15) is 10.4 Å². The molecule has 0 saturated heterocycles. The highest BCUT2D eigenvalue weighted by Gasteiger charge is 2.26. The van der Waals surface area contributed by atoms with Crippen molar-refractivity contribution in [3.8, 4) is 0 Å². The topological polar surface area (TPSA) is 130 Å². The van der Waals surface area contributed by atoms with E-state index >= 15 is 0 Å². The number of nitrogens with one attached hydrogen (secondary N) is 1. The molecule has 1 rings (SSSR count). The molecule has 8 nitrogen and oxygen atoms in total. The van der Waals surface area contributed by atoms with Crippen molar-refractivity contribution in [2.75, 3.05) is 13.7 Å². The zero-order chi connectivity index (χ0) is 16.2. The van der Waals surface area contributed by atoms with Gasteiger partial charge in [0, 0.05) is 3.57 Å². The normalized spacial score (nSPS) is 12.7. The monoisotopic (exact) mass is 429 g/mol. The van der Waals surface area contributed by atoms with Gasteiger partial charge in [0.05, 0.1) is 24.2 Å². The van der Waals surface area contributed by atoms with Crippen LogP contribution < -0.4 is 4.72 Å². The minimum atomic E-state index is -4.18. The molecule has 1 unspecified atom stereocenters. The lowest BCUT2D eigenvalue weighted by Crippen LogP contribution is -2.43. The molecule has 0 heterocycles. The third kappa shape index (κ3) is 4.36. The molecule has 10 heteroatoms. The maximum Gasteiger partial charge on any atom is 0.336 e. The highest BCUT2D eigenvalue weighted by Crippen LogP contribution is 2.18. The van der Waals surface area contributed by atoms with E-state index in [-0.39, 0.29) is 10.5 Å². The molecule has 0 saturated carbocycles. The van der Waals surface area contributed by atoms with Crippen LogP contribution in [0.3, 0.4) is 0 Å². The molecule has 3 N–H and O–H groups in total. The average molecular weight is 429 g/mol. The Bertz CT molecular complexity index is 659. The first kappa shape index (κ1) is 17.8. The average Bonchev–Trinajstić information content (AvgIpc) is 2.43. The lowest BCUT2D eigenvalue weighted by molar-refractivity contribution is -0.143. The third-order valence-corrected chi connectivity index (χ3v) is 4.85. The fourth-order valence-corrected chi connectivity index (χ4v) is 3.16. The fraction of sp³-hybridized carbons (Fsp3) is 0.273. The number of hydrogen-bond acceptors (Lipinski definition) is 6. The van der Waals surface area contributed by atoms with Crippen molar-refractivity contribution >= 4 is 44.6 Å². The van der Waals surface area contributed by atoms with Crippen molar-refractivity contribution < 1.29 is 33.0 Å². The van der Waals surface area contributed by atoms with Gasteiger partial charge < -0.3 is 14.9 Å². The molecule has 21 heavy (non-hydrogen) atoms. The number of rotatable bonds is 6. The number of ether oxygens (including phenoxy) is 1. The van der Waals surface area contributed by atoms with E-state index in [9.17, 15) is 18.0 Å². The van der Waals surface area contributed by atoms with E-state index in [1.165, 1.54) is 12.1 Å². The summed E-state index contributed by atoms with van der Waals surface area (Å²) < 4.78 is 30.8. The summed E-state index contributed by atoms with van der Waals surface area (Å²) >= 11 is 1.76. The first-order chi connectivity index (χ1) is 9.72. The lowest BCUT2D eigenvalue weighted by Gasteiger charge is -2.14. The third-order valence-electron chi connectivity index (χ3n) is 2.44. The number of carboxylic acids is 1. The molecule has 0 bridgehead atoms. The summed E-state index contributed by atoms with van der Waals surface area (Å²) in [6.07, 6.45) is 0. The predicted molar refractivity (Wildman–Crippen MR) is 79.3 cm³/mol. The molecule has 0 fully saturated rings. The maximum atomic E-state index is 12.1. The molecule has 0 aliphatic heterocycles. The van der Waals surface area contributed by atoms with Crippen LogP contribution in [0.25, 0.3) is 0 Å². The highest BCUT2D eigenvalue weighted by molar-refractivity contribution is 14.1. The Hall–Kier alpha value is -1.24. The van der Waals surface area contributed by atoms with Gasteiger partial charge in [-0.2, -0.15) is 4.72 Å². The molecular weight excluding hydrogens is 417 g/mol. The van der Waals surface area contributed by atoms with Gasteiger partial charge in [0.2, 0.25) is 10.0 Å². The van der Waals surface area contributed by atoms with Gasteiger partial charge in [-0.15, -0.1) is 0 Å². The van der Waals surface area contributed by atoms with E-state index < -0.39 is 34.6 Å². The van der Waals surface area contributed by atoms with E-state index in [4.69, 9.17) is 10.2 Å². The van der Waals surface area contributed by atoms with Crippen molar-refractivity contribution in [3.63, 3.8) is 0 Å². The van der Waals surface area contributed by atoms with Crippen molar-refractivity contribution in [1.82, 2.24) is 4.72 Å². The van der Waals surface area contributed by atoms with Crippen LogP contribution in [-0.2, 0) is 19.6 Å². The van der Waals surface area contributed by atoms with Crippen LogP contribution in [0.5, 0.6) is 0 Å². The van der Waals surface area contributed by atoms with Gasteiger partial charge in [-0.05, 0) is 40.8 Å². The molecular formula is C11H12INO7S. The number of carbonyl (C=O) groups is 2.